The Morgan fingerprint density at radius 3 is 1.59 bits per heavy atom. The van der Waals surface area contributed by atoms with Gasteiger partial charge in [0.2, 0.25) is 0 Å². The number of carbonyl (C=O) groups is 4. The van der Waals surface area contributed by atoms with Crippen LogP contribution in [0.4, 0.5) is 0 Å². The van der Waals surface area contributed by atoms with Crippen molar-refractivity contribution >= 4 is 35.5 Å². The molecule has 174 valence electrons. The van der Waals surface area contributed by atoms with Gasteiger partial charge in [-0.2, -0.15) is 0 Å². The lowest BCUT2D eigenvalue weighted by Crippen LogP contribution is -2.07. The molecule has 0 N–H and O–H groups in total. The first-order valence-electron chi connectivity index (χ1n) is 10.2. The molecule has 8 heteroatoms. The lowest BCUT2D eigenvalue weighted by atomic mass is 10.1. The van der Waals surface area contributed by atoms with Gasteiger partial charge in [-0.05, 0) is 56.3 Å². The van der Waals surface area contributed by atoms with Crippen molar-refractivity contribution in [2.45, 2.75) is 13.8 Å². The molecule has 3 rings (SSSR count). The van der Waals surface area contributed by atoms with Crippen LogP contribution in [0, 0.1) is 6.92 Å². The van der Waals surface area contributed by atoms with Crippen molar-refractivity contribution in [1.82, 2.24) is 0 Å². The average Bonchev–Trinajstić information content (AvgIpc) is 3.23. The van der Waals surface area contributed by atoms with Crippen LogP contribution in [0.2, 0.25) is 0 Å². The molecule has 34 heavy (non-hydrogen) atoms. The van der Waals surface area contributed by atoms with E-state index in [0.717, 1.165) is 0 Å². The van der Waals surface area contributed by atoms with Gasteiger partial charge in [-0.3, -0.25) is 4.79 Å². The predicted octanol–water partition coefficient (Wildman–Crippen LogP) is 4.72. The standard InChI is InChI=1S/C26H22O8/c1-15(27)22-13-21(33-16(22)2)14-23(17-5-7-18(8-6-17)24(28)31-3)34-26(30)20-11-9-19(10-12-20)25(29)32-4/h5-14H,1-4H3/b23-14+. The summed E-state index contributed by atoms with van der Waals surface area (Å²) in [6, 6.07) is 13.6. The minimum atomic E-state index is -0.685. The third-order valence-corrected chi connectivity index (χ3v) is 4.92. The summed E-state index contributed by atoms with van der Waals surface area (Å²) < 4.78 is 20.6. The number of esters is 3. The van der Waals surface area contributed by atoms with Gasteiger partial charge in [0, 0.05) is 11.6 Å². The van der Waals surface area contributed by atoms with Gasteiger partial charge in [0.25, 0.3) is 0 Å². The normalized spacial score (nSPS) is 11.0. The number of Topliss-reactive ketones (excluding diaryl/α,β-unsaturated/α-hetero) is 1. The highest BCUT2D eigenvalue weighted by atomic mass is 16.5. The quantitative estimate of drug-likeness (QED) is 0.215. The maximum Gasteiger partial charge on any atom is 0.343 e. The minimum Gasteiger partial charge on any atom is -0.465 e. The summed E-state index contributed by atoms with van der Waals surface area (Å²) >= 11 is 0. The summed E-state index contributed by atoms with van der Waals surface area (Å²) in [6.07, 6.45) is 1.48. The number of furan rings is 1. The monoisotopic (exact) mass is 462 g/mol. The molecule has 0 atom stereocenters. The molecule has 3 aromatic rings. The van der Waals surface area contributed by atoms with E-state index in [0.29, 0.717) is 28.2 Å². The molecule has 0 unspecified atom stereocenters. The van der Waals surface area contributed by atoms with Crippen molar-refractivity contribution < 1.29 is 37.8 Å². The molecule has 0 radical (unpaired) electrons. The number of hydrogen-bond acceptors (Lipinski definition) is 8. The van der Waals surface area contributed by atoms with E-state index in [1.807, 2.05) is 0 Å². The summed E-state index contributed by atoms with van der Waals surface area (Å²) in [6.45, 7) is 3.09. The Kier molecular flexibility index (Phi) is 7.43. The number of methoxy groups -OCH3 is 2. The Hall–Kier alpha value is -4.46. The summed E-state index contributed by atoms with van der Waals surface area (Å²) in [5.74, 6) is -1.01. The number of hydrogen-bond donors (Lipinski definition) is 0. The van der Waals surface area contributed by atoms with Gasteiger partial charge in [-0.1, -0.05) is 12.1 Å². The number of ether oxygens (including phenoxy) is 3. The van der Waals surface area contributed by atoms with Crippen LogP contribution in [0.15, 0.2) is 59.0 Å². The number of aryl methyl sites for hydroxylation is 1. The molecule has 0 aliphatic rings. The van der Waals surface area contributed by atoms with Gasteiger partial charge in [0.15, 0.2) is 5.78 Å². The maximum atomic E-state index is 12.8. The van der Waals surface area contributed by atoms with E-state index >= 15 is 0 Å². The van der Waals surface area contributed by atoms with Crippen LogP contribution >= 0.6 is 0 Å². The first-order chi connectivity index (χ1) is 16.2. The molecule has 0 spiro atoms. The highest BCUT2D eigenvalue weighted by molar-refractivity contribution is 5.98. The fourth-order valence-corrected chi connectivity index (χ4v) is 3.13. The Balaban J connectivity index is 1.96. The van der Waals surface area contributed by atoms with Crippen molar-refractivity contribution in [3.63, 3.8) is 0 Å². The van der Waals surface area contributed by atoms with Crippen LogP contribution in [0.25, 0.3) is 11.8 Å². The van der Waals surface area contributed by atoms with Crippen LogP contribution in [0.5, 0.6) is 0 Å². The Bertz CT molecular complexity index is 1260. The molecule has 0 bridgehead atoms. The van der Waals surface area contributed by atoms with E-state index in [1.165, 1.54) is 63.6 Å². The molecule has 8 nitrogen and oxygen atoms in total. The van der Waals surface area contributed by atoms with E-state index in [4.69, 9.17) is 13.9 Å². The van der Waals surface area contributed by atoms with Crippen LogP contribution in [0.1, 0.15) is 65.4 Å². The van der Waals surface area contributed by atoms with E-state index in [9.17, 15) is 19.2 Å². The van der Waals surface area contributed by atoms with Crippen LogP contribution in [0.3, 0.4) is 0 Å². The van der Waals surface area contributed by atoms with Crippen molar-refractivity contribution in [3.05, 3.63) is 93.9 Å². The van der Waals surface area contributed by atoms with E-state index in [-0.39, 0.29) is 22.7 Å². The van der Waals surface area contributed by atoms with Crippen LogP contribution in [-0.2, 0) is 14.2 Å². The second-order valence-corrected chi connectivity index (χ2v) is 7.21. The van der Waals surface area contributed by atoms with Gasteiger partial charge >= 0.3 is 17.9 Å². The first-order valence-corrected chi connectivity index (χ1v) is 10.2. The van der Waals surface area contributed by atoms with Gasteiger partial charge < -0.3 is 18.6 Å². The molecular weight excluding hydrogens is 440 g/mol. The maximum absolute atomic E-state index is 12.8. The third-order valence-electron chi connectivity index (χ3n) is 4.92. The van der Waals surface area contributed by atoms with Gasteiger partial charge in [0.1, 0.15) is 17.3 Å². The minimum absolute atomic E-state index is 0.127. The molecule has 0 aliphatic heterocycles. The second-order valence-electron chi connectivity index (χ2n) is 7.21. The smallest absolute Gasteiger partial charge is 0.343 e. The molecule has 0 fully saturated rings. The van der Waals surface area contributed by atoms with E-state index < -0.39 is 17.9 Å². The zero-order valence-corrected chi connectivity index (χ0v) is 19.0. The van der Waals surface area contributed by atoms with Gasteiger partial charge in [-0.15, -0.1) is 0 Å². The molecule has 0 amide bonds. The highest BCUT2D eigenvalue weighted by Gasteiger charge is 2.17. The fourth-order valence-electron chi connectivity index (χ4n) is 3.13. The molecule has 0 saturated carbocycles. The number of rotatable bonds is 7. The fraction of sp³-hybridized carbons (Fsp3) is 0.154. The van der Waals surface area contributed by atoms with Gasteiger partial charge in [0.05, 0.1) is 36.5 Å². The molecule has 2 aromatic carbocycles. The van der Waals surface area contributed by atoms with E-state index in [1.54, 1.807) is 25.1 Å². The zero-order chi connectivity index (χ0) is 24.8. The predicted molar refractivity (Wildman–Crippen MR) is 122 cm³/mol. The molecule has 0 saturated heterocycles. The largest absolute Gasteiger partial charge is 0.465 e. The molecule has 1 heterocycles. The number of ketones is 1. The Morgan fingerprint density at radius 1 is 0.735 bits per heavy atom. The summed E-state index contributed by atoms with van der Waals surface area (Å²) in [7, 11) is 2.54. The van der Waals surface area contributed by atoms with E-state index in [2.05, 4.69) is 4.74 Å². The van der Waals surface area contributed by atoms with Crippen molar-refractivity contribution in [2.24, 2.45) is 0 Å². The Morgan fingerprint density at radius 2 is 1.18 bits per heavy atom. The number of carbonyl (C=O) groups excluding carboxylic acids is 4. The summed E-state index contributed by atoms with van der Waals surface area (Å²) in [5.41, 5.74) is 1.70. The van der Waals surface area contributed by atoms with Crippen molar-refractivity contribution in [1.29, 1.82) is 0 Å². The number of benzene rings is 2. The van der Waals surface area contributed by atoms with Crippen LogP contribution < -0.4 is 0 Å². The van der Waals surface area contributed by atoms with Crippen molar-refractivity contribution in [2.75, 3.05) is 14.2 Å². The lowest BCUT2D eigenvalue weighted by Gasteiger charge is -2.10. The average molecular weight is 462 g/mol. The molecule has 1 aromatic heterocycles. The Labute approximate surface area is 195 Å². The first kappa shape index (κ1) is 24.2. The molecular formula is C26H22O8. The zero-order valence-electron chi connectivity index (χ0n) is 19.0. The second kappa shape index (κ2) is 10.4. The third kappa shape index (κ3) is 5.47. The van der Waals surface area contributed by atoms with Gasteiger partial charge in [-0.25, -0.2) is 14.4 Å². The SMILES string of the molecule is COC(=O)c1ccc(C(=O)O/C(=C/c2cc(C(C)=O)c(C)o2)c2ccc(C(=O)OC)cc2)cc1. The lowest BCUT2D eigenvalue weighted by molar-refractivity contribution is 0.0592. The molecule has 0 aliphatic carbocycles. The van der Waals surface area contributed by atoms with Crippen LogP contribution in [-0.4, -0.2) is 37.9 Å². The highest BCUT2D eigenvalue weighted by Crippen LogP contribution is 2.25. The topological polar surface area (TPSA) is 109 Å². The van der Waals surface area contributed by atoms with Crippen molar-refractivity contribution in [3.8, 4) is 0 Å². The summed E-state index contributed by atoms with van der Waals surface area (Å²) in [4.78, 5) is 48.0. The summed E-state index contributed by atoms with van der Waals surface area (Å²) in [5, 5.41) is 0.